The molecule has 0 fully saturated rings. The first-order valence-corrected chi connectivity index (χ1v) is 10.5. The number of fused-ring (bicyclic) bond motifs is 1. The molecule has 2 heterocycles. The van der Waals surface area contributed by atoms with Crippen LogP contribution in [0.1, 0.15) is 49.3 Å². The highest BCUT2D eigenvalue weighted by molar-refractivity contribution is 8.13. The quantitative estimate of drug-likeness (QED) is 0.744. The number of hydrogen-bond donors (Lipinski definition) is 2. The van der Waals surface area contributed by atoms with Gasteiger partial charge in [0.05, 0.1) is 0 Å². The number of phenolic OH excluding ortho intramolecular Hbond substituents is 1. The van der Waals surface area contributed by atoms with Crippen molar-refractivity contribution < 1.29 is 9.84 Å². The maximum absolute atomic E-state index is 10.3. The van der Waals surface area contributed by atoms with Crippen molar-refractivity contribution in [3.8, 4) is 11.5 Å². The van der Waals surface area contributed by atoms with E-state index in [1.54, 1.807) is 17.8 Å². The van der Waals surface area contributed by atoms with Crippen LogP contribution in [-0.2, 0) is 0 Å². The van der Waals surface area contributed by atoms with E-state index in [0.717, 1.165) is 34.9 Å². The highest BCUT2D eigenvalue weighted by Gasteiger charge is 2.48. The molecule has 2 aliphatic heterocycles. The second kappa shape index (κ2) is 6.48. The number of benzene rings is 2. The summed E-state index contributed by atoms with van der Waals surface area (Å²) in [6, 6.07) is 14.3. The minimum Gasteiger partial charge on any atom is -0.508 e. The molecule has 0 saturated heterocycles. The number of thioether (sulfide) groups is 1. The number of nitrogens with zero attached hydrogens (tertiary/aromatic N) is 1. The monoisotopic (exact) mass is 382 g/mol. The number of phenols is 1. The summed E-state index contributed by atoms with van der Waals surface area (Å²) in [6.45, 7) is 6.29. The first kappa shape index (κ1) is 18.2. The van der Waals surface area contributed by atoms with Gasteiger partial charge in [0.15, 0.2) is 5.17 Å². The number of amidine groups is 1. The van der Waals surface area contributed by atoms with Crippen molar-refractivity contribution in [1.82, 2.24) is 5.32 Å². The zero-order valence-corrected chi connectivity index (χ0v) is 17.1. The zero-order chi connectivity index (χ0) is 19.2. The third kappa shape index (κ3) is 3.29. The molecule has 4 nitrogen and oxygen atoms in total. The molecule has 0 aliphatic carbocycles. The summed E-state index contributed by atoms with van der Waals surface area (Å²) in [5.74, 6) is 1.21. The molecule has 0 radical (unpaired) electrons. The Morgan fingerprint density at radius 1 is 1.19 bits per heavy atom. The zero-order valence-electron chi connectivity index (χ0n) is 16.2. The van der Waals surface area contributed by atoms with E-state index in [2.05, 4.69) is 43.4 Å². The van der Waals surface area contributed by atoms with Crippen LogP contribution in [0.2, 0.25) is 0 Å². The molecule has 142 valence electrons. The Bertz CT molecular complexity index is 895. The van der Waals surface area contributed by atoms with E-state index in [0.29, 0.717) is 0 Å². The summed E-state index contributed by atoms with van der Waals surface area (Å²) in [5, 5.41) is 14.7. The van der Waals surface area contributed by atoms with Gasteiger partial charge in [-0.15, -0.1) is 0 Å². The van der Waals surface area contributed by atoms with Crippen molar-refractivity contribution in [2.45, 2.75) is 50.8 Å². The second-order valence-electron chi connectivity index (χ2n) is 8.15. The average Bonchev–Trinajstić information content (AvgIpc) is 2.64. The fourth-order valence-electron chi connectivity index (χ4n) is 4.31. The minimum absolute atomic E-state index is 0.121. The molecule has 0 bridgehead atoms. The fraction of sp³-hybridized carbons (Fsp3) is 0.409. The van der Waals surface area contributed by atoms with E-state index >= 15 is 0 Å². The Morgan fingerprint density at radius 2 is 1.93 bits per heavy atom. The van der Waals surface area contributed by atoms with Crippen molar-refractivity contribution in [2.75, 3.05) is 6.26 Å². The van der Waals surface area contributed by atoms with Crippen LogP contribution in [0.25, 0.3) is 0 Å². The van der Waals surface area contributed by atoms with Crippen LogP contribution in [0.15, 0.2) is 47.5 Å². The maximum atomic E-state index is 10.3. The van der Waals surface area contributed by atoms with Crippen LogP contribution < -0.4 is 10.1 Å². The van der Waals surface area contributed by atoms with Gasteiger partial charge in [-0.3, -0.25) is 0 Å². The third-order valence-electron chi connectivity index (χ3n) is 5.46. The molecule has 27 heavy (non-hydrogen) atoms. The summed E-state index contributed by atoms with van der Waals surface area (Å²) in [5.41, 5.74) is 2.40. The van der Waals surface area contributed by atoms with Gasteiger partial charge in [-0.05, 0) is 38.7 Å². The van der Waals surface area contributed by atoms with Gasteiger partial charge in [-0.1, -0.05) is 48.2 Å². The van der Waals surface area contributed by atoms with Crippen LogP contribution >= 0.6 is 11.8 Å². The van der Waals surface area contributed by atoms with Gasteiger partial charge in [0.2, 0.25) is 5.72 Å². The molecule has 5 heteroatoms. The first-order valence-electron chi connectivity index (χ1n) is 9.31. The molecule has 1 spiro atoms. The maximum Gasteiger partial charge on any atom is 0.206 e. The number of rotatable bonds is 1. The summed E-state index contributed by atoms with van der Waals surface area (Å²) in [4.78, 5) is 5.00. The lowest BCUT2D eigenvalue weighted by molar-refractivity contribution is 0.0126. The molecule has 4 rings (SSSR count). The number of aromatic hydroxyl groups is 1. The Kier molecular flexibility index (Phi) is 4.38. The molecular weight excluding hydrogens is 356 g/mol. The number of aliphatic imine (C=N–C) groups is 1. The van der Waals surface area contributed by atoms with Crippen molar-refractivity contribution in [3.63, 3.8) is 0 Å². The van der Waals surface area contributed by atoms with E-state index in [9.17, 15) is 5.11 Å². The lowest BCUT2D eigenvalue weighted by Gasteiger charge is -2.47. The van der Waals surface area contributed by atoms with Crippen molar-refractivity contribution in [2.24, 2.45) is 4.99 Å². The predicted molar refractivity (Wildman–Crippen MR) is 112 cm³/mol. The van der Waals surface area contributed by atoms with E-state index in [-0.39, 0.29) is 17.2 Å². The molecule has 2 aromatic rings. The number of hydrogen-bond acceptors (Lipinski definition) is 5. The SMILES string of the molecule is CSC1=N[C@]2(C[C@H](c3ccccc3)c3ccc(O)c(C)c3O2)CC(C)(C)N1. The first-order chi connectivity index (χ1) is 12.8. The predicted octanol–water partition coefficient (Wildman–Crippen LogP) is 4.80. The normalized spacial score (nSPS) is 25.9. The smallest absolute Gasteiger partial charge is 0.206 e. The van der Waals surface area contributed by atoms with E-state index in [1.165, 1.54) is 5.56 Å². The molecule has 0 amide bonds. The molecule has 0 saturated carbocycles. The molecular formula is C22H26N2O2S. The lowest BCUT2D eigenvalue weighted by Crippen LogP contribution is -2.57. The Balaban J connectivity index is 1.89. The second-order valence-corrected chi connectivity index (χ2v) is 8.95. The highest BCUT2D eigenvalue weighted by Crippen LogP contribution is 2.51. The Hall–Kier alpha value is -2.14. The van der Waals surface area contributed by atoms with Crippen molar-refractivity contribution in [1.29, 1.82) is 0 Å². The van der Waals surface area contributed by atoms with Crippen LogP contribution in [0.5, 0.6) is 11.5 Å². The van der Waals surface area contributed by atoms with E-state index in [1.807, 2.05) is 25.3 Å². The van der Waals surface area contributed by atoms with Crippen LogP contribution in [-0.4, -0.2) is 27.8 Å². The van der Waals surface area contributed by atoms with Gasteiger partial charge in [-0.2, -0.15) is 0 Å². The number of nitrogens with one attached hydrogen (secondary N) is 1. The van der Waals surface area contributed by atoms with Gasteiger partial charge < -0.3 is 15.2 Å². The molecule has 2 aromatic carbocycles. The summed E-state index contributed by atoms with van der Waals surface area (Å²) in [7, 11) is 0. The van der Waals surface area contributed by atoms with Gasteiger partial charge >= 0.3 is 0 Å². The third-order valence-corrected chi connectivity index (χ3v) is 6.04. The van der Waals surface area contributed by atoms with Gasteiger partial charge in [0, 0.05) is 35.4 Å². The molecule has 0 unspecified atom stereocenters. The summed E-state index contributed by atoms with van der Waals surface area (Å²) < 4.78 is 6.59. The summed E-state index contributed by atoms with van der Waals surface area (Å²) in [6.07, 6.45) is 3.58. The Morgan fingerprint density at radius 3 is 2.63 bits per heavy atom. The van der Waals surface area contributed by atoms with Crippen LogP contribution in [0.3, 0.4) is 0 Å². The van der Waals surface area contributed by atoms with Crippen LogP contribution in [0, 0.1) is 6.92 Å². The molecule has 2 atom stereocenters. The molecule has 0 aromatic heterocycles. The van der Waals surface area contributed by atoms with Crippen molar-refractivity contribution in [3.05, 3.63) is 59.2 Å². The summed E-state index contributed by atoms with van der Waals surface area (Å²) >= 11 is 1.61. The minimum atomic E-state index is -0.640. The van der Waals surface area contributed by atoms with Gasteiger partial charge in [0.25, 0.3) is 0 Å². The van der Waals surface area contributed by atoms with Crippen LogP contribution in [0.4, 0.5) is 0 Å². The lowest BCUT2D eigenvalue weighted by atomic mass is 9.77. The fourth-order valence-corrected chi connectivity index (χ4v) is 4.94. The van der Waals surface area contributed by atoms with Gasteiger partial charge in [-0.25, -0.2) is 4.99 Å². The topological polar surface area (TPSA) is 53.9 Å². The van der Waals surface area contributed by atoms with Gasteiger partial charge in [0.1, 0.15) is 11.5 Å². The molecule has 2 N–H and O–H groups in total. The highest BCUT2D eigenvalue weighted by atomic mass is 32.2. The van der Waals surface area contributed by atoms with E-state index in [4.69, 9.17) is 9.73 Å². The largest absolute Gasteiger partial charge is 0.508 e. The number of ether oxygens (including phenoxy) is 1. The average molecular weight is 383 g/mol. The van der Waals surface area contributed by atoms with Crippen molar-refractivity contribution >= 4 is 16.9 Å². The molecule has 2 aliphatic rings. The standard InChI is InChI=1S/C22H26N2O2S/c1-14-18(25)11-10-16-17(15-8-6-5-7-9-15)12-22(26-19(14)16)13-21(2,3)23-20(24-22)27-4/h5-11,17,25H,12-13H2,1-4H3,(H,23,24)/t17-,22+/m1/s1. The Labute approximate surface area is 165 Å². The van der Waals surface area contributed by atoms with E-state index < -0.39 is 5.72 Å².